The van der Waals surface area contributed by atoms with Gasteiger partial charge in [0.2, 0.25) is 5.91 Å². The summed E-state index contributed by atoms with van der Waals surface area (Å²) in [6.07, 6.45) is 3.68. The van der Waals surface area contributed by atoms with E-state index in [1.807, 2.05) is 6.92 Å². The number of azide groups is 1. The first-order valence-corrected chi connectivity index (χ1v) is 5.65. The number of carbonyl (C=O) groups is 1. The lowest BCUT2D eigenvalue weighted by Crippen LogP contribution is -2.36. The molecule has 1 amide bonds. The Bertz CT molecular complexity index is 235. The van der Waals surface area contributed by atoms with E-state index in [4.69, 9.17) is 10.6 Å². The average Bonchev–Trinajstić information content (AvgIpc) is 2.30. The SMILES string of the molecule is CCC(CO)NC(=O)CCCCCN=[N+]=[N-]. The summed E-state index contributed by atoms with van der Waals surface area (Å²) in [5.41, 5.74) is 8.03. The lowest BCUT2D eigenvalue weighted by Gasteiger charge is -2.13. The van der Waals surface area contributed by atoms with Gasteiger partial charge in [0.15, 0.2) is 0 Å². The minimum atomic E-state index is -0.129. The number of unbranched alkanes of at least 4 members (excludes halogenated alkanes) is 2. The molecule has 0 heterocycles. The van der Waals surface area contributed by atoms with Crippen LogP contribution in [0.1, 0.15) is 39.0 Å². The normalized spacial score (nSPS) is 11.6. The summed E-state index contributed by atoms with van der Waals surface area (Å²) in [4.78, 5) is 14.0. The minimum Gasteiger partial charge on any atom is -0.394 e. The lowest BCUT2D eigenvalue weighted by molar-refractivity contribution is -0.122. The lowest BCUT2D eigenvalue weighted by atomic mass is 10.1. The van der Waals surface area contributed by atoms with Crippen molar-refractivity contribution in [3.63, 3.8) is 0 Å². The average molecular weight is 228 g/mol. The van der Waals surface area contributed by atoms with Crippen LogP contribution in [0.4, 0.5) is 0 Å². The van der Waals surface area contributed by atoms with E-state index in [-0.39, 0.29) is 18.6 Å². The molecular formula is C10H20N4O2. The number of nitrogens with zero attached hydrogens (tertiary/aromatic N) is 3. The number of hydrogen-bond donors (Lipinski definition) is 2. The highest BCUT2D eigenvalue weighted by Crippen LogP contribution is 2.01. The second-order valence-corrected chi connectivity index (χ2v) is 3.62. The molecule has 6 nitrogen and oxygen atoms in total. The molecule has 92 valence electrons. The maximum atomic E-state index is 11.4. The number of amides is 1. The van der Waals surface area contributed by atoms with E-state index in [0.29, 0.717) is 13.0 Å². The fourth-order valence-corrected chi connectivity index (χ4v) is 1.27. The van der Waals surface area contributed by atoms with Gasteiger partial charge in [-0.05, 0) is 24.8 Å². The first-order valence-electron chi connectivity index (χ1n) is 5.65. The molecule has 0 bridgehead atoms. The molecule has 0 aliphatic carbocycles. The molecule has 0 rings (SSSR count). The predicted octanol–water partition coefficient (Wildman–Crippen LogP) is 1.74. The molecule has 1 atom stereocenters. The van der Waals surface area contributed by atoms with Gasteiger partial charge in [0.25, 0.3) is 0 Å². The van der Waals surface area contributed by atoms with Crippen LogP contribution in [0.3, 0.4) is 0 Å². The molecule has 0 radical (unpaired) electrons. The molecule has 16 heavy (non-hydrogen) atoms. The zero-order valence-corrected chi connectivity index (χ0v) is 9.72. The summed E-state index contributed by atoms with van der Waals surface area (Å²) in [5, 5.41) is 15.0. The van der Waals surface area contributed by atoms with E-state index < -0.39 is 0 Å². The van der Waals surface area contributed by atoms with Crippen LogP contribution in [-0.4, -0.2) is 30.2 Å². The van der Waals surface area contributed by atoms with Crippen molar-refractivity contribution in [2.24, 2.45) is 5.11 Å². The maximum Gasteiger partial charge on any atom is 0.220 e. The summed E-state index contributed by atoms with van der Waals surface area (Å²) in [5.74, 6) is -0.0234. The molecular weight excluding hydrogens is 208 g/mol. The first kappa shape index (κ1) is 14.7. The molecule has 6 heteroatoms. The number of nitrogens with one attached hydrogen (secondary N) is 1. The highest BCUT2D eigenvalue weighted by atomic mass is 16.3. The minimum absolute atomic E-state index is 0.0148. The van der Waals surface area contributed by atoms with Crippen molar-refractivity contribution in [2.75, 3.05) is 13.2 Å². The van der Waals surface area contributed by atoms with E-state index in [9.17, 15) is 4.79 Å². The smallest absolute Gasteiger partial charge is 0.220 e. The van der Waals surface area contributed by atoms with Gasteiger partial charge in [-0.15, -0.1) is 0 Å². The quantitative estimate of drug-likeness (QED) is 0.272. The third-order valence-corrected chi connectivity index (χ3v) is 2.30. The van der Waals surface area contributed by atoms with Gasteiger partial charge in [0.05, 0.1) is 12.6 Å². The van der Waals surface area contributed by atoms with Gasteiger partial charge in [0, 0.05) is 17.9 Å². The number of rotatable bonds is 9. The molecule has 0 spiro atoms. The number of aliphatic hydroxyl groups excluding tert-OH is 1. The van der Waals surface area contributed by atoms with Crippen molar-refractivity contribution in [3.05, 3.63) is 10.4 Å². The van der Waals surface area contributed by atoms with Gasteiger partial charge in [-0.25, -0.2) is 0 Å². The Morgan fingerprint density at radius 1 is 1.50 bits per heavy atom. The summed E-state index contributed by atoms with van der Waals surface area (Å²) in [7, 11) is 0. The Hall–Kier alpha value is -1.26. The molecule has 0 aliphatic rings. The Labute approximate surface area is 95.7 Å². The standard InChI is InChI=1S/C10H20N4O2/c1-2-9(8-15)13-10(16)6-4-3-5-7-12-14-11/h9,15H,2-8H2,1H3,(H,13,16). The van der Waals surface area contributed by atoms with Gasteiger partial charge in [-0.2, -0.15) is 0 Å². The molecule has 2 N–H and O–H groups in total. The predicted molar refractivity (Wildman–Crippen MR) is 61.8 cm³/mol. The van der Waals surface area contributed by atoms with E-state index in [0.717, 1.165) is 25.7 Å². The monoisotopic (exact) mass is 228 g/mol. The van der Waals surface area contributed by atoms with Gasteiger partial charge in [0.1, 0.15) is 0 Å². The number of aliphatic hydroxyl groups is 1. The Kier molecular flexibility index (Phi) is 9.46. The fraction of sp³-hybridized carbons (Fsp3) is 0.900. The van der Waals surface area contributed by atoms with Crippen LogP contribution in [0, 0.1) is 0 Å². The zero-order chi connectivity index (χ0) is 12.2. The summed E-state index contributed by atoms with van der Waals surface area (Å²) in [6, 6.07) is -0.129. The maximum absolute atomic E-state index is 11.4. The van der Waals surface area contributed by atoms with E-state index in [1.165, 1.54) is 0 Å². The Morgan fingerprint density at radius 2 is 2.25 bits per heavy atom. The van der Waals surface area contributed by atoms with Crippen LogP contribution < -0.4 is 5.32 Å². The second kappa shape index (κ2) is 10.3. The molecule has 0 fully saturated rings. The topological polar surface area (TPSA) is 98.1 Å². The molecule has 0 saturated heterocycles. The fourth-order valence-electron chi connectivity index (χ4n) is 1.27. The van der Waals surface area contributed by atoms with Crippen LogP contribution in [0.25, 0.3) is 10.4 Å². The summed E-state index contributed by atoms with van der Waals surface area (Å²) >= 11 is 0. The van der Waals surface area contributed by atoms with E-state index in [1.54, 1.807) is 0 Å². The largest absolute Gasteiger partial charge is 0.394 e. The molecule has 0 aromatic carbocycles. The summed E-state index contributed by atoms with van der Waals surface area (Å²) < 4.78 is 0. The first-order chi connectivity index (χ1) is 7.74. The Morgan fingerprint density at radius 3 is 2.81 bits per heavy atom. The second-order valence-electron chi connectivity index (χ2n) is 3.62. The van der Waals surface area contributed by atoms with Crippen molar-refractivity contribution in [1.29, 1.82) is 0 Å². The van der Waals surface area contributed by atoms with Crippen molar-refractivity contribution in [3.8, 4) is 0 Å². The van der Waals surface area contributed by atoms with E-state index in [2.05, 4.69) is 15.3 Å². The Balaban J connectivity index is 3.46. The van der Waals surface area contributed by atoms with Crippen molar-refractivity contribution < 1.29 is 9.90 Å². The van der Waals surface area contributed by atoms with Crippen molar-refractivity contribution in [2.45, 2.75) is 45.1 Å². The van der Waals surface area contributed by atoms with E-state index >= 15 is 0 Å². The van der Waals surface area contributed by atoms with Gasteiger partial charge in [-0.1, -0.05) is 18.5 Å². The van der Waals surface area contributed by atoms with Crippen molar-refractivity contribution >= 4 is 5.91 Å². The van der Waals surface area contributed by atoms with Gasteiger partial charge in [-0.3, -0.25) is 4.79 Å². The number of carbonyl (C=O) groups excluding carboxylic acids is 1. The van der Waals surface area contributed by atoms with Crippen molar-refractivity contribution in [1.82, 2.24) is 5.32 Å². The van der Waals surface area contributed by atoms with Crippen LogP contribution >= 0.6 is 0 Å². The zero-order valence-electron chi connectivity index (χ0n) is 9.72. The third kappa shape index (κ3) is 8.08. The molecule has 0 aliphatic heterocycles. The van der Waals surface area contributed by atoms with Gasteiger partial charge >= 0.3 is 0 Å². The van der Waals surface area contributed by atoms with Crippen LogP contribution in [-0.2, 0) is 4.79 Å². The number of hydrogen-bond acceptors (Lipinski definition) is 3. The molecule has 1 unspecified atom stereocenters. The summed E-state index contributed by atoms with van der Waals surface area (Å²) in [6.45, 7) is 2.40. The highest BCUT2D eigenvalue weighted by molar-refractivity contribution is 5.76. The molecule has 0 aromatic heterocycles. The van der Waals surface area contributed by atoms with Crippen LogP contribution in [0.2, 0.25) is 0 Å². The van der Waals surface area contributed by atoms with Crippen LogP contribution in [0.15, 0.2) is 5.11 Å². The molecule has 0 saturated carbocycles. The van der Waals surface area contributed by atoms with Crippen LogP contribution in [0.5, 0.6) is 0 Å². The van der Waals surface area contributed by atoms with Gasteiger partial charge < -0.3 is 10.4 Å². The highest BCUT2D eigenvalue weighted by Gasteiger charge is 2.07. The molecule has 0 aromatic rings. The third-order valence-electron chi connectivity index (χ3n) is 2.30.